The van der Waals surface area contributed by atoms with Gasteiger partial charge in [0.2, 0.25) is 0 Å². The van der Waals surface area contributed by atoms with Crippen molar-refractivity contribution in [1.29, 1.82) is 0 Å². The molecule has 0 aromatic heterocycles. The number of benzene rings is 2. The second-order valence-electron chi connectivity index (χ2n) is 7.35. The van der Waals surface area contributed by atoms with Gasteiger partial charge in [0, 0.05) is 13.1 Å². The second kappa shape index (κ2) is 8.51. The first kappa shape index (κ1) is 21.9. The predicted octanol–water partition coefficient (Wildman–Crippen LogP) is 4.48. The molecule has 0 aliphatic carbocycles. The molecule has 2 aromatic rings. The molecule has 1 amide bonds. The number of halogens is 4. The Labute approximate surface area is 171 Å². The molecule has 30 heavy (non-hydrogen) atoms. The van der Waals surface area contributed by atoms with Gasteiger partial charge < -0.3 is 19.7 Å². The van der Waals surface area contributed by atoms with Crippen molar-refractivity contribution in [1.82, 2.24) is 0 Å². The van der Waals surface area contributed by atoms with Crippen LogP contribution in [-0.2, 0) is 15.7 Å². The van der Waals surface area contributed by atoms with E-state index in [2.05, 4.69) is 5.32 Å². The number of rotatable bonds is 5. The van der Waals surface area contributed by atoms with Crippen LogP contribution in [0.1, 0.15) is 19.4 Å². The molecule has 3 rings (SSSR count). The standard InChI is InChI=1S/C21H22F4N2O3/c1-20(2,30-16-6-4-15(22)5-7-16)19(28)26-17-13-14(21(23,24)25)3-8-18(17)27-9-11-29-12-10-27/h3-8,13H,9-12H2,1-2H3,(H,26,28). The van der Waals surface area contributed by atoms with Crippen molar-refractivity contribution < 1.29 is 31.8 Å². The minimum absolute atomic E-state index is 0.0347. The average Bonchev–Trinajstić information content (AvgIpc) is 2.69. The van der Waals surface area contributed by atoms with Gasteiger partial charge in [0.15, 0.2) is 5.60 Å². The van der Waals surface area contributed by atoms with Crippen molar-refractivity contribution in [3.05, 3.63) is 53.8 Å². The number of alkyl halides is 3. The summed E-state index contributed by atoms with van der Waals surface area (Å²) >= 11 is 0. The Hall–Kier alpha value is -2.81. The van der Waals surface area contributed by atoms with E-state index >= 15 is 0 Å². The van der Waals surface area contributed by atoms with Crippen molar-refractivity contribution in [2.45, 2.75) is 25.6 Å². The number of carbonyl (C=O) groups excluding carboxylic acids is 1. The van der Waals surface area contributed by atoms with Crippen LogP contribution >= 0.6 is 0 Å². The number of amides is 1. The van der Waals surface area contributed by atoms with Crippen LogP contribution in [0, 0.1) is 5.82 Å². The van der Waals surface area contributed by atoms with Crippen LogP contribution in [0.5, 0.6) is 5.75 Å². The highest BCUT2D eigenvalue weighted by atomic mass is 19.4. The summed E-state index contributed by atoms with van der Waals surface area (Å²) in [6.07, 6.45) is -4.55. The number of ether oxygens (including phenoxy) is 2. The molecule has 1 N–H and O–H groups in total. The maximum Gasteiger partial charge on any atom is 0.416 e. The van der Waals surface area contributed by atoms with E-state index in [4.69, 9.17) is 9.47 Å². The Morgan fingerprint density at radius 2 is 1.70 bits per heavy atom. The summed E-state index contributed by atoms with van der Waals surface area (Å²) in [5.74, 6) is -0.835. The monoisotopic (exact) mass is 426 g/mol. The normalized spacial score (nSPS) is 15.1. The lowest BCUT2D eigenvalue weighted by Crippen LogP contribution is -2.43. The fourth-order valence-corrected chi connectivity index (χ4v) is 3.01. The zero-order valence-corrected chi connectivity index (χ0v) is 16.6. The van der Waals surface area contributed by atoms with Crippen LogP contribution in [0.3, 0.4) is 0 Å². The molecule has 0 bridgehead atoms. The van der Waals surface area contributed by atoms with E-state index in [0.717, 1.165) is 12.1 Å². The molecule has 0 saturated carbocycles. The van der Waals surface area contributed by atoms with Crippen molar-refractivity contribution >= 4 is 17.3 Å². The number of nitrogens with one attached hydrogen (secondary N) is 1. The zero-order valence-electron chi connectivity index (χ0n) is 16.6. The smallest absolute Gasteiger partial charge is 0.416 e. The lowest BCUT2D eigenvalue weighted by atomic mass is 10.1. The first-order valence-corrected chi connectivity index (χ1v) is 9.36. The summed E-state index contributed by atoms with van der Waals surface area (Å²) in [5, 5.41) is 2.57. The molecule has 1 aliphatic rings. The third kappa shape index (κ3) is 5.21. The van der Waals surface area contributed by atoms with E-state index in [0.29, 0.717) is 32.0 Å². The van der Waals surface area contributed by atoms with Gasteiger partial charge in [0.1, 0.15) is 11.6 Å². The fraction of sp³-hybridized carbons (Fsp3) is 0.381. The van der Waals surface area contributed by atoms with E-state index in [1.165, 1.54) is 44.2 Å². The summed E-state index contributed by atoms with van der Waals surface area (Å²) in [7, 11) is 0. The van der Waals surface area contributed by atoms with Crippen LogP contribution < -0.4 is 15.0 Å². The number of carbonyl (C=O) groups is 1. The summed E-state index contributed by atoms with van der Waals surface area (Å²) in [5.41, 5.74) is -1.79. The molecule has 162 valence electrons. The van der Waals surface area contributed by atoms with Crippen molar-refractivity contribution in [3.8, 4) is 5.75 Å². The highest BCUT2D eigenvalue weighted by Crippen LogP contribution is 2.36. The van der Waals surface area contributed by atoms with Gasteiger partial charge in [0.25, 0.3) is 5.91 Å². The maximum atomic E-state index is 13.2. The Morgan fingerprint density at radius 1 is 1.07 bits per heavy atom. The molecule has 0 atom stereocenters. The van der Waals surface area contributed by atoms with E-state index in [-0.39, 0.29) is 11.4 Å². The van der Waals surface area contributed by atoms with Crippen LogP contribution in [0.2, 0.25) is 0 Å². The molecule has 5 nitrogen and oxygen atoms in total. The summed E-state index contributed by atoms with van der Waals surface area (Å²) < 4.78 is 63.7. The molecule has 1 heterocycles. The third-order valence-corrected chi connectivity index (χ3v) is 4.66. The van der Waals surface area contributed by atoms with Gasteiger partial charge in [-0.2, -0.15) is 13.2 Å². The van der Waals surface area contributed by atoms with Crippen molar-refractivity contribution in [2.75, 3.05) is 36.5 Å². The fourth-order valence-electron chi connectivity index (χ4n) is 3.01. The van der Waals surface area contributed by atoms with Gasteiger partial charge in [-0.05, 0) is 56.3 Å². The van der Waals surface area contributed by atoms with Crippen molar-refractivity contribution in [2.24, 2.45) is 0 Å². The molecule has 0 unspecified atom stereocenters. The lowest BCUT2D eigenvalue weighted by Gasteiger charge is -2.32. The van der Waals surface area contributed by atoms with Crippen LogP contribution in [0.4, 0.5) is 28.9 Å². The quantitative estimate of drug-likeness (QED) is 0.717. The Bertz CT molecular complexity index is 892. The maximum absolute atomic E-state index is 13.2. The first-order chi connectivity index (χ1) is 14.1. The second-order valence-corrected chi connectivity index (χ2v) is 7.35. The molecule has 0 spiro atoms. The van der Waals surface area contributed by atoms with Crippen LogP contribution in [0.15, 0.2) is 42.5 Å². The van der Waals surface area contributed by atoms with Crippen LogP contribution in [0.25, 0.3) is 0 Å². The summed E-state index contributed by atoms with van der Waals surface area (Å²) in [4.78, 5) is 14.7. The number of hydrogen-bond acceptors (Lipinski definition) is 4. The van der Waals surface area contributed by atoms with Gasteiger partial charge in [-0.3, -0.25) is 4.79 Å². The topological polar surface area (TPSA) is 50.8 Å². The number of morpholine rings is 1. The highest BCUT2D eigenvalue weighted by molar-refractivity contribution is 5.99. The summed E-state index contributed by atoms with van der Waals surface area (Å²) in [6.45, 7) is 4.82. The Morgan fingerprint density at radius 3 is 2.30 bits per heavy atom. The van der Waals surface area contributed by atoms with E-state index in [1.54, 1.807) is 0 Å². The summed E-state index contributed by atoms with van der Waals surface area (Å²) in [6, 6.07) is 8.36. The van der Waals surface area contributed by atoms with Gasteiger partial charge in [-0.1, -0.05) is 0 Å². The highest BCUT2D eigenvalue weighted by Gasteiger charge is 2.34. The van der Waals surface area contributed by atoms with E-state index in [9.17, 15) is 22.4 Å². The zero-order chi connectivity index (χ0) is 21.9. The molecule has 1 fully saturated rings. The first-order valence-electron chi connectivity index (χ1n) is 9.36. The minimum Gasteiger partial charge on any atom is -0.478 e. The largest absolute Gasteiger partial charge is 0.478 e. The van der Waals surface area contributed by atoms with Crippen molar-refractivity contribution in [3.63, 3.8) is 0 Å². The van der Waals surface area contributed by atoms with Gasteiger partial charge >= 0.3 is 6.18 Å². The molecule has 0 radical (unpaired) electrons. The van der Waals surface area contributed by atoms with E-state index in [1.807, 2.05) is 4.90 Å². The molecular weight excluding hydrogens is 404 g/mol. The Balaban J connectivity index is 1.86. The van der Waals surface area contributed by atoms with Crippen LogP contribution in [-0.4, -0.2) is 37.8 Å². The molecule has 2 aromatic carbocycles. The molecule has 1 aliphatic heterocycles. The number of hydrogen-bond donors (Lipinski definition) is 1. The van der Waals surface area contributed by atoms with Gasteiger partial charge in [-0.15, -0.1) is 0 Å². The van der Waals surface area contributed by atoms with E-state index < -0.39 is 29.1 Å². The Kier molecular flexibility index (Phi) is 6.21. The predicted molar refractivity (Wildman–Crippen MR) is 104 cm³/mol. The molecule has 9 heteroatoms. The number of anilines is 2. The molecule has 1 saturated heterocycles. The minimum atomic E-state index is -4.55. The third-order valence-electron chi connectivity index (χ3n) is 4.66. The van der Waals surface area contributed by atoms with Gasteiger partial charge in [-0.25, -0.2) is 4.39 Å². The lowest BCUT2D eigenvalue weighted by molar-refractivity contribution is -0.137. The van der Waals surface area contributed by atoms with Gasteiger partial charge in [0.05, 0.1) is 30.2 Å². The number of nitrogens with zero attached hydrogens (tertiary/aromatic N) is 1. The average molecular weight is 426 g/mol. The SMILES string of the molecule is CC(C)(Oc1ccc(F)cc1)C(=O)Nc1cc(C(F)(F)F)ccc1N1CCOCC1. The molecular formula is C21H22F4N2O3.